The van der Waals surface area contributed by atoms with Gasteiger partial charge in [0.1, 0.15) is 11.2 Å². The van der Waals surface area contributed by atoms with E-state index in [-0.39, 0.29) is 23.1 Å². The molecule has 0 fully saturated rings. The maximum atomic E-state index is 13.2. The zero-order chi connectivity index (χ0) is 23.2. The average Bonchev–Trinajstić information content (AvgIpc) is 2.71. The second-order valence-electron chi connectivity index (χ2n) is 8.70. The van der Waals surface area contributed by atoms with Gasteiger partial charge in [0.2, 0.25) is 5.91 Å². The lowest BCUT2D eigenvalue weighted by atomic mass is 9.85. The van der Waals surface area contributed by atoms with Crippen LogP contribution < -0.4 is 10.6 Å². The van der Waals surface area contributed by atoms with Crippen molar-refractivity contribution >= 4 is 41.1 Å². The molecule has 0 aliphatic carbocycles. The van der Waals surface area contributed by atoms with Gasteiger partial charge in [-0.05, 0) is 48.6 Å². The quantitative estimate of drug-likeness (QED) is 0.568. The molecule has 5 nitrogen and oxygen atoms in total. The van der Waals surface area contributed by atoms with Crippen molar-refractivity contribution in [3.63, 3.8) is 0 Å². The van der Waals surface area contributed by atoms with Crippen LogP contribution >= 0.6 is 23.2 Å². The molecule has 2 amide bonds. The minimum atomic E-state index is -1.09. The number of carbonyl (C=O) groups excluding carboxylic acids is 2. The van der Waals surface area contributed by atoms with Crippen molar-refractivity contribution in [2.75, 3.05) is 0 Å². The van der Waals surface area contributed by atoms with Gasteiger partial charge in [-0.15, -0.1) is 0 Å². The summed E-state index contributed by atoms with van der Waals surface area (Å²) in [6.07, 6.45) is 5.73. The summed E-state index contributed by atoms with van der Waals surface area (Å²) in [6.45, 7) is 9.65. The van der Waals surface area contributed by atoms with E-state index in [1.807, 2.05) is 45.9 Å². The second kappa shape index (κ2) is 10.3. The summed E-state index contributed by atoms with van der Waals surface area (Å²) in [7, 11) is 0. The van der Waals surface area contributed by atoms with Gasteiger partial charge in [-0.1, -0.05) is 75.2 Å². The Balaban J connectivity index is 2.21. The predicted octanol–water partition coefficient (Wildman–Crippen LogP) is 5.53. The molecule has 2 rings (SSSR count). The number of hydrogen-bond acceptors (Lipinski definition) is 3. The third-order valence-corrected chi connectivity index (χ3v) is 5.71. The molecule has 7 heteroatoms. The Labute approximate surface area is 194 Å². The Hall–Kier alpha value is -2.37. The van der Waals surface area contributed by atoms with E-state index >= 15 is 0 Å². The molecule has 0 saturated carbocycles. The van der Waals surface area contributed by atoms with E-state index in [9.17, 15) is 9.59 Å². The Morgan fingerprint density at radius 1 is 1.13 bits per heavy atom. The fraction of sp³-hybridized carbons (Fsp3) is 0.375. The minimum Gasteiger partial charge on any atom is -0.347 e. The van der Waals surface area contributed by atoms with Crippen molar-refractivity contribution in [3.8, 4) is 0 Å². The van der Waals surface area contributed by atoms with E-state index in [0.717, 1.165) is 5.56 Å². The lowest BCUT2D eigenvalue weighted by molar-refractivity contribution is -0.128. The third kappa shape index (κ3) is 6.81. The van der Waals surface area contributed by atoms with Gasteiger partial charge in [0.25, 0.3) is 5.91 Å². The number of pyridine rings is 1. The molecule has 1 aromatic carbocycles. The average molecular weight is 462 g/mol. The van der Waals surface area contributed by atoms with Crippen LogP contribution in [-0.2, 0) is 4.79 Å². The number of hydrogen-bond donors (Lipinski definition) is 2. The van der Waals surface area contributed by atoms with Crippen LogP contribution in [0.4, 0.5) is 0 Å². The molecule has 0 spiro atoms. The maximum Gasteiger partial charge on any atom is 0.270 e. The van der Waals surface area contributed by atoms with Gasteiger partial charge >= 0.3 is 0 Å². The molecule has 0 radical (unpaired) electrons. The van der Waals surface area contributed by atoms with Gasteiger partial charge < -0.3 is 10.6 Å². The number of aromatic nitrogens is 1. The second-order valence-corrected chi connectivity index (χ2v) is 9.54. The highest BCUT2D eigenvalue weighted by molar-refractivity contribution is 6.35. The Bertz CT molecular complexity index is 955. The van der Waals surface area contributed by atoms with Crippen molar-refractivity contribution in [3.05, 3.63) is 70.0 Å². The zero-order valence-corrected chi connectivity index (χ0v) is 20.0. The zero-order valence-electron chi connectivity index (χ0n) is 18.5. The van der Waals surface area contributed by atoms with E-state index in [4.69, 9.17) is 23.2 Å². The lowest BCUT2D eigenvalue weighted by Gasteiger charge is -2.34. The first kappa shape index (κ1) is 24.9. The van der Waals surface area contributed by atoms with Crippen LogP contribution in [0.1, 0.15) is 57.1 Å². The van der Waals surface area contributed by atoms with Gasteiger partial charge in [0.15, 0.2) is 0 Å². The smallest absolute Gasteiger partial charge is 0.270 e. The largest absolute Gasteiger partial charge is 0.347 e. The summed E-state index contributed by atoms with van der Waals surface area (Å²) in [4.78, 5) is 29.9. The number of halogens is 2. The highest BCUT2D eigenvalue weighted by Crippen LogP contribution is 2.26. The maximum absolute atomic E-state index is 13.2. The number of benzene rings is 1. The van der Waals surface area contributed by atoms with Crippen LogP contribution in [0, 0.1) is 5.41 Å². The molecule has 2 atom stereocenters. The first-order valence-electron chi connectivity index (χ1n) is 10.1. The van der Waals surface area contributed by atoms with E-state index < -0.39 is 11.4 Å². The van der Waals surface area contributed by atoms with E-state index in [1.165, 1.54) is 0 Å². The Kier molecular flexibility index (Phi) is 8.27. The normalized spacial score (nSPS) is 14.7. The van der Waals surface area contributed by atoms with Crippen molar-refractivity contribution in [2.24, 2.45) is 5.41 Å². The molecule has 1 aromatic heterocycles. The molecule has 0 bridgehead atoms. The van der Waals surface area contributed by atoms with E-state index in [0.29, 0.717) is 16.5 Å². The minimum absolute atomic E-state index is 0.264. The van der Waals surface area contributed by atoms with Gasteiger partial charge in [0.05, 0.1) is 6.04 Å². The summed E-state index contributed by atoms with van der Waals surface area (Å²) < 4.78 is 0. The summed E-state index contributed by atoms with van der Waals surface area (Å²) >= 11 is 12.2. The molecule has 2 N–H and O–H groups in total. The summed E-state index contributed by atoms with van der Waals surface area (Å²) in [5.74, 6) is -0.665. The van der Waals surface area contributed by atoms with Gasteiger partial charge in [-0.25, -0.2) is 0 Å². The lowest BCUT2D eigenvalue weighted by Crippen LogP contribution is -2.59. The molecular weight excluding hydrogens is 433 g/mol. The van der Waals surface area contributed by atoms with Crippen LogP contribution in [-0.4, -0.2) is 28.4 Å². The van der Waals surface area contributed by atoms with Crippen molar-refractivity contribution < 1.29 is 9.59 Å². The van der Waals surface area contributed by atoms with Crippen LogP contribution in [0.2, 0.25) is 10.0 Å². The number of nitrogens with one attached hydrogen (secondary N) is 2. The van der Waals surface area contributed by atoms with Crippen molar-refractivity contribution in [1.29, 1.82) is 0 Å². The molecule has 166 valence electrons. The van der Waals surface area contributed by atoms with Crippen molar-refractivity contribution in [1.82, 2.24) is 15.6 Å². The van der Waals surface area contributed by atoms with E-state index in [1.54, 1.807) is 43.5 Å². The molecular formula is C24H29Cl2N3O2. The SMILES string of the molecule is CC[C@@](C)(NC(=O)c1ccccn1)C(=O)N[C@H](/C=C/c1ccc(Cl)cc1Cl)C(C)(C)C. The molecule has 0 aliphatic rings. The summed E-state index contributed by atoms with van der Waals surface area (Å²) in [6, 6.07) is 10.0. The highest BCUT2D eigenvalue weighted by Gasteiger charge is 2.36. The summed E-state index contributed by atoms with van der Waals surface area (Å²) in [5, 5.41) is 7.00. The molecule has 2 aromatic rings. The number of nitrogens with zero attached hydrogens (tertiary/aromatic N) is 1. The predicted molar refractivity (Wildman–Crippen MR) is 127 cm³/mol. The molecule has 31 heavy (non-hydrogen) atoms. The van der Waals surface area contributed by atoms with E-state index in [2.05, 4.69) is 15.6 Å². The van der Waals surface area contributed by atoms with Crippen LogP contribution in [0.3, 0.4) is 0 Å². The Morgan fingerprint density at radius 3 is 2.39 bits per heavy atom. The first-order chi connectivity index (χ1) is 14.5. The topological polar surface area (TPSA) is 71.1 Å². The van der Waals surface area contributed by atoms with Crippen LogP contribution in [0.15, 0.2) is 48.7 Å². The molecule has 0 unspecified atom stereocenters. The van der Waals surface area contributed by atoms with Crippen LogP contribution in [0.5, 0.6) is 0 Å². The van der Waals surface area contributed by atoms with Gasteiger partial charge in [0, 0.05) is 16.2 Å². The number of carbonyl (C=O) groups is 2. The standard InChI is InChI=1S/C24H29Cl2N3O2/c1-6-24(5,29-21(30)19-9-7-8-14-27-19)22(31)28-20(23(2,3)4)13-11-16-10-12-17(25)15-18(16)26/h7-15,20H,6H2,1-5H3,(H,28,31)(H,29,30)/b13-11+/t20-,24-/m1/s1. The fourth-order valence-electron chi connectivity index (χ4n) is 2.81. The Morgan fingerprint density at radius 2 is 1.84 bits per heavy atom. The van der Waals surface area contributed by atoms with Crippen molar-refractivity contribution in [2.45, 2.75) is 52.6 Å². The fourth-order valence-corrected chi connectivity index (χ4v) is 3.28. The molecule has 1 heterocycles. The van der Waals surface area contributed by atoms with Crippen LogP contribution in [0.25, 0.3) is 6.08 Å². The molecule has 0 saturated heterocycles. The number of amides is 2. The molecule has 0 aliphatic heterocycles. The van der Waals surface area contributed by atoms with Gasteiger partial charge in [-0.2, -0.15) is 0 Å². The monoisotopic (exact) mass is 461 g/mol. The number of rotatable bonds is 7. The van der Waals surface area contributed by atoms with Gasteiger partial charge in [-0.3, -0.25) is 14.6 Å². The third-order valence-electron chi connectivity index (χ3n) is 5.15. The highest BCUT2D eigenvalue weighted by atomic mass is 35.5. The summed E-state index contributed by atoms with van der Waals surface area (Å²) in [5.41, 5.74) is -0.301. The first-order valence-corrected chi connectivity index (χ1v) is 10.9.